The predicted molar refractivity (Wildman–Crippen MR) is 145 cm³/mol. The van der Waals surface area contributed by atoms with Crippen LogP contribution in [0.4, 0.5) is 4.79 Å². The van der Waals surface area contributed by atoms with Crippen molar-refractivity contribution in [2.75, 3.05) is 7.11 Å². The Hall–Kier alpha value is -3.05. The highest BCUT2D eigenvalue weighted by Gasteiger charge is 2.52. The fourth-order valence-electron chi connectivity index (χ4n) is 8.00. The SMILES string of the molecule is COc1ccc(-c2cccc3c(C=C4SC(=O)NC4=O)cccc23)cc1C12CC3CC(CC(C3)C1)C2. The van der Waals surface area contributed by atoms with Crippen LogP contribution < -0.4 is 10.1 Å². The molecule has 0 spiro atoms. The number of imide groups is 1. The Morgan fingerprint density at radius 3 is 2.28 bits per heavy atom. The van der Waals surface area contributed by atoms with Crippen molar-refractivity contribution in [2.24, 2.45) is 17.8 Å². The van der Waals surface area contributed by atoms with Crippen LogP contribution in [0.2, 0.25) is 0 Å². The number of nitrogens with one attached hydrogen (secondary N) is 1. The normalized spacial score (nSPS) is 29.8. The standard InChI is InChI=1S/C31H29NO3S/c1-35-27-9-8-22(13-26(27)31-15-18-10-19(16-31)12-20(11-18)17-31)24-6-3-5-23-21(4-2-7-25(23)24)14-28-29(33)32-30(34)36-28/h2-9,13-14,18-20H,10-12,15-17H2,1H3,(H,32,33,34). The fraction of sp³-hybridized carbons (Fsp3) is 0.355. The number of thioether (sulfide) groups is 1. The molecule has 0 radical (unpaired) electrons. The van der Waals surface area contributed by atoms with Crippen molar-refractivity contribution in [3.05, 3.63) is 70.6 Å². The van der Waals surface area contributed by atoms with E-state index in [0.717, 1.165) is 51.6 Å². The van der Waals surface area contributed by atoms with E-state index in [1.165, 1.54) is 55.2 Å². The minimum atomic E-state index is -0.325. The molecule has 182 valence electrons. The molecule has 5 aliphatic rings. The third-order valence-electron chi connectivity index (χ3n) is 9.00. The molecule has 4 saturated carbocycles. The lowest BCUT2D eigenvalue weighted by molar-refractivity contribution is -0.115. The zero-order valence-electron chi connectivity index (χ0n) is 20.4. The maximum absolute atomic E-state index is 12.1. The highest BCUT2D eigenvalue weighted by molar-refractivity contribution is 8.18. The van der Waals surface area contributed by atoms with Crippen LogP contribution in [0.3, 0.4) is 0 Å². The van der Waals surface area contributed by atoms with Gasteiger partial charge in [-0.3, -0.25) is 14.9 Å². The summed E-state index contributed by atoms with van der Waals surface area (Å²) in [6.07, 6.45) is 9.98. The first-order valence-electron chi connectivity index (χ1n) is 13.0. The van der Waals surface area contributed by atoms with Crippen molar-refractivity contribution >= 4 is 39.8 Å². The quantitative estimate of drug-likeness (QED) is 0.386. The third kappa shape index (κ3) is 3.51. The molecule has 1 N–H and O–H groups in total. The molecule has 3 aromatic rings. The summed E-state index contributed by atoms with van der Waals surface area (Å²) in [6.45, 7) is 0. The number of benzene rings is 3. The average Bonchev–Trinajstić information content (AvgIpc) is 3.19. The van der Waals surface area contributed by atoms with Gasteiger partial charge in [0.2, 0.25) is 0 Å². The molecule has 3 aromatic carbocycles. The first-order valence-corrected chi connectivity index (χ1v) is 13.8. The number of methoxy groups -OCH3 is 1. The van der Waals surface area contributed by atoms with Gasteiger partial charge >= 0.3 is 0 Å². The highest BCUT2D eigenvalue weighted by Crippen LogP contribution is 2.62. The number of hydrogen-bond donors (Lipinski definition) is 1. The molecule has 1 heterocycles. The lowest BCUT2D eigenvalue weighted by atomic mass is 9.48. The Bertz CT molecular complexity index is 1420. The molecule has 4 aliphatic carbocycles. The van der Waals surface area contributed by atoms with Gasteiger partial charge in [-0.1, -0.05) is 42.5 Å². The van der Waals surface area contributed by atoms with Crippen molar-refractivity contribution in [2.45, 2.75) is 43.9 Å². The first-order chi connectivity index (χ1) is 17.5. The number of carbonyl (C=O) groups is 2. The summed E-state index contributed by atoms with van der Waals surface area (Å²) < 4.78 is 5.95. The van der Waals surface area contributed by atoms with Gasteiger partial charge in [-0.05, 0) is 119 Å². The molecular formula is C31H29NO3S. The van der Waals surface area contributed by atoms with Crippen LogP contribution in [0.15, 0.2) is 59.5 Å². The largest absolute Gasteiger partial charge is 0.496 e. The molecule has 1 saturated heterocycles. The molecule has 8 rings (SSSR count). The Morgan fingerprint density at radius 1 is 0.917 bits per heavy atom. The lowest BCUT2D eigenvalue weighted by Crippen LogP contribution is -2.48. The molecule has 4 bridgehead atoms. The summed E-state index contributed by atoms with van der Waals surface area (Å²) in [5.41, 5.74) is 4.97. The Morgan fingerprint density at radius 2 is 1.61 bits per heavy atom. The van der Waals surface area contributed by atoms with Crippen LogP contribution in [-0.2, 0) is 10.2 Å². The number of amides is 2. The lowest BCUT2D eigenvalue weighted by Gasteiger charge is -2.57. The maximum atomic E-state index is 12.1. The second kappa shape index (κ2) is 8.24. The maximum Gasteiger partial charge on any atom is 0.290 e. The molecular weight excluding hydrogens is 466 g/mol. The van der Waals surface area contributed by atoms with E-state index in [2.05, 4.69) is 47.8 Å². The zero-order valence-corrected chi connectivity index (χ0v) is 21.2. The highest BCUT2D eigenvalue weighted by atomic mass is 32.2. The number of hydrogen-bond acceptors (Lipinski definition) is 4. The van der Waals surface area contributed by atoms with Gasteiger partial charge < -0.3 is 4.74 Å². The van der Waals surface area contributed by atoms with Gasteiger partial charge in [-0.25, -0.2) is 0 Å². The van der Waals surface area contributed by atoms with Crippen molar-refractivity contribution in [3.63, 3.8) is 0 Å². The molecule has 1 aliphatic heterocycles. The van der Waals surface area contributed by atoms with E-state index < -0.39 is 0 Å². The van der Waals surface area contributed by atoms with Crippen molar-refractivity contribution in [1.29, 1.82) is 0 Å². The van der Waals surface area contributed by atoms with Crippen molar-refractivity contribution in [3.8, 4) is 16.9 Å². The van der Waals surface area contributed by atoms with Gasteiger partial charge in [0.1, 0.15) is 5.75 Å². The minimum Gasteiger partial charge on any atom is -0.496 e. The molecule has 0 unspecified atom stereocenters. The molecule has 5 heteroatoms. The van der Waals surface area contributed by atoms with Crippen molar-refractivity contribution < 1.29 is 14.3 Å². The topological polar surface area (TPSA) is 55.4 Å². The van der Waals surface area contributed by atoms with Crippen LogP contribution >= 0.6 is 11.8 Å². The summed E-state index contributed by atoms with van der Waals surface area (Å²) in [4.78, 5) is 24.2. The van der Waals surface area contributed by atoms with Crippen LogP contribution in [0.1, 0.15) is 49.7 Å². The van der Waals surface area contributed by atoms with E-state index in [1.54, 1.807) is 7.11 Å². The number of fused-ring (bicyclic) bond motifs is 1. The Labute approximate surface area is 215 Å². The average molecular weight is 496 g/mol. The van der Waals surface area contributed by atoms with Crippen LogP contribution in [0, 0.1) is 17.8 Å². The zero-order chi connectivity index (χ0) is 24.4. The van der Waals surface area contributed by atoms with Gasteiger partial charge in [0, 0.05) is 5.56 Å². The molecule has 5 fully saturated rings. The van der Waals surface area contributed by atoms with E-state index in [-0.39, 0.29) is 16.6 Å². The number of rotatable bonds is 4. The van der Waals surface area contributed by atoms with Gasteiger partial charge in [0.05, 0.1) is 12.0 Å². The van der Waals surface area contributed by atoms with Gasteiger partial charge in [0.25, 0.3) is 11.1 Å². The van der Waals surface area contributed by atoms with E-state index in [1.807, 2.05) is 18.2 Å². The van der Waals surface area contributed by atoms with E-state index in [9.17, 15) is 9.59 Å². The third-order valence-corrected chi connectivity index (χ3v) is 9.82. The minimum absolute atomic E-state index is 0.246. The van der Waals surface area contributed by atoms with Crippen LogP contribution in [0.5, 0.6) is 5.75 Å². The van der Waals surface area contributed by atoms with E-state index in [0.29, 0.717) is 4.91 Å². The Kier molecular flexibility index (Phi) is 5.07. The second-order valence-corrected chi connectivity index (χ2v) is 12.2. The van der Waals surface area contributed by atoms with Gasteiger partial charge in [-0.2, -0.15) is 0 Å². The summed E-state index contributed by atoms with van der Waals surface area (Å²) in [5, 5.41) is 4.25. The summed E-state index contributed by atoms with van der Waals surface area (Å²) >= 11 is 0.958. The summed E-state index contributed by atoms with van der Waals surface area (Å²) in [5.74, 6) is 3.31. The molecule has 36 heavy (non-hydrogen) atoms. The fourth-order valence-corrected chi connectivity index (χ4v) is 8.68. The predicted octanol–water partition coefficient (Wildman–Crippen LogP) is 7.31. The first kappa shape index (κ1) is 22.2. The number of ether oxygens (including phenoxy) is 1. The van der Waals surface area contributed by atoms with Gasteiger partial charge in [0.15, 0.2) is 0 Å². The van der Waals surface area contributed by atoms with Crippen LogP contribution in [-0.4, -0.2) is 18.3 Å². The summed E-state index contributed by atoms with van der Waals surface area (Å²) in [6, 6.07) is 19.3. The van der Waals surface area contributed by atoms with Gasteiger partial charge in [-0.15, -0.1) is 0 Å². The second-order valence-electron chi connectivity index (χ2n) is 11.2. The van der Waals surface area contributed by atoms with E-state index in [4.69, 9.17) is 4.74 Å². The summed E-state index contributed by atoms with van der Waals surface area (Å²) in [7, 11) is 1.80. The smallest absolute Gasteiger partial charge is 0.290 e. The van der Waals surface area contributed by atoms with Crippen LogP contribution in [0.25, 0.3) is 28.0 Å². The van der Waals surface area contributed by atoms with Crippen molar-refractivity contribution in [1.82, 2.24) is 5.32 Å². The monoisotopic (exact) mass is 495 g/mol. The number of carbonyl (C=O) groups excluding carboxylic acids is 2. The van der Waals surface area contributed by atoms with E-state index >= 15 is 0 Å². The molecule has 0 aromatic heterocycles. The molecule has 2 amide bonds. The molecule has 0 atom stereocenters. The molecule has 4 nitrogen and oxygen atoms in total. The Balaban J connectivity index is 1.34.